The van der Waals surface area contributed by atoms with Crippen LogP contribution in [0, 0.1) is 23.4 Å². The van der Waals surface area contributed by atoms with E-state index in [-0.39, 0.29) is 0 Å². The molecule has 0 saturated heterocycles. The summed E-state index contributed by atoms with van der Waals surface area (Å²) in [4.78, 5) is 11.3. The van der Waals surface area contributed by atoms with Gasteiger partial charge in [-0.3, -0.25) is 4.79 Å². The van der Waals surface area contributed by atoms with Crippen molar-refractivity contribution in [2.75, 3.05) is 0 Å². The third kappa shape index (κ3) is 2.74. The Labute approximate surface area is 91.0 Å². The van der Waals surface area contributed by atoms with E-state index in [2.05, 4.69) is 4.74 Å². The summed E-state index contributed by atoms with van der Waals surface area (Å²) in [5.74, 6) is -5.37. The molecule has 1 aromatic rings. The number of benzene rings is 1. The normalized spacial score (nSPS) is 12.3. The molecule has 0 heterocycles. The molecule has 1 rings (SSSR count). The Kier molecular flexibility index (Phi) is 3.93. The lowest BCUT2D eigenvalue weighted by Gasteiger charge is -2.09. The highest BCUT2D eigenvalue weighted by Crippen LogP contribution is 2.22. The number of carbonyl (C=O) groups excluding carboxylic acids is 1. The number of hydrogen-bond donors (Lipinski definition) is 0. The first-order valence-corrected chi connectivity index (χ1v) is 4.82. The number of halogens is 3. The van der Waals surface area contributed by atoms with Crippen LogP contribution >= 0.6 is 0 Å². The number of carbonyl (C=O) groups is 1. The van der Waals surface area contributed by atoms with Gasteiger partial charge in [0.2, 0.25) is 0 Å². The first-order chi connectivity index (χ1) is 7.45. The fourth-order valence-corrected chi connectivity index (χ4v) is 0.958. The standard InChI is InChI=1S/C11H11F3O2/c1-3-6(2)11(15)16-10-5-8(13)7(12)4-9(10)14/h4-6H,3H2,1-2H3. The van der Waals surface area contributed by atoms with Crippen LogP contribution in [0.15, 0.2) is 12.1 Å². The lowest BCUT2D eigenvalue weighted by Crippen LogP contribution is -2.17. The van der Waals surface area contributed by atoms with Crippen LogP contribution in [-0.4, -0.2) is 5.97 Å². The molecule has 0 aliphatic rings. The zero-order valence-electron chi connectivity index (χ0n) is 8.89. The van der Waals surface area contributed by atoms with E-state index in [9.17, 15) is 18.0 Å². The minimum Gasteiger partial charge on any atom is -0.423 e. The molecule has 0 radical (unpaired) electrons. The maximum atomic E-state index is 13.1. The van der Waals surface area contributed by atoms with Crippen molar-refractivity contribution in [2.45, 2.75) is 20.3 Å². The Bertz CT molecular complexity index is 404. The van der Waals surface area contributed by atoms with Gasteiger partial charge in [-0.05, 0) is 6.42 Å². The van der Waals surface area contributed by atoms with Gasteiger partial charge in [0.25, 0.3) is 0 Å². The first-order valence-electron chi connectivity index (χ1n) is 4.82. The van der Waals surface area contributed by atoms with Gasteiger partial charge < -0.3 is 4.74 Å². The summed E-state index contributed by atoms with van der Waals surface area (Å²) in [6.07, 6.45) is 0.518. The molecule has 1 unspecified atom stereocenters. The molecule has 0 saturated carbocycles. The molecule has 0 bridgehead atoms. The van der Waals surface area contributed by atoms with E-state index in [0.29, 0.717) is 18.6 Å². The third-order valence-electron chi connectivity index (χ3n) is 2.20. The lowest BCUT2D eigenvalue weighted by atomic mass is 10.1. The molecule has 0 aliphatic carbocycles. The summed E-state index contributed by atoms with van der Waals surface area (Å²) in [7, 11) is 0. The van der Waals surface area contributed by atoms with Gasteiger partial charge in [0.1, 0.15) is 0 Å². The molecule has 0 spiro atoms. The minimum atomic E-state index is -1.32. The molecule has 0 amide bonds. The van der Waals surface area contributed by atoms with Crippen LogP contribution < -0.4 is 4.74 Å². The zero-order chi connectivity index (χ0) is 12.3. The van der Waals surface area contributed by atoms with Gasteiger partial charge in [-0.1, -0.05) is 13.8 Å². The van der Waals surface area contributed by atoms with Crippen molar-refractivity contribution < 1.29 is 22.7 Å². The average molecular weight is 232 g/mol. The van der Waals surface area contributed by atoms with Crippen molar-refractivity contribution in [3.05, 3.63) is 29.6 Å². The molecule has 5 heteroatoms. The highest BCUT2D eigenvalue weighted by atomic mass is 19.2. The predicted octanol–water partition coefficient (Wildman–Crippen LogP) is 3.06. The van der Waals surface area contributed by atoms with E-state index in [4.69, 9.17) is 0 Å². The Balaban J connectivity index is 2.90. The van der Waals surface area contributed by atoms with Crippen molar-refractivity contribution in [1.82, 2.24) is 0 Å². The second-order valence-electron chi connectivity index (χ2n) is 3.43. The average Bonchev–Trinajstić information content (AvgIpc) is 2.24. The van der Waals surface area contributed by atoms with Gasteiger partial charge in [0, 0.05) is 12.1 Å². The molecule has 2 nitrogen and oxygen atoms in total. The number of ether oxygens (including phenoxy) is 1. The molecule has 1 atom stereocenters. The first kappa shape index (κ1) is 12.5. The lowest BCUT2D eigenvalue weighted by molar-refractivity contribution is -0.138. The number of esters is 1. The summed E-state index contributed by atoms with van der Waals surface area (Å²) < 4.78 is 43.0. The molecule has 16 heavy (non-hydrogen) atoms. The summed E-state index contributed by atoms with van der Waals surface area (Å²) in [6.45, 7) is 3.35. The topological polar surface area (TPSA) is 26.3 Å². The summed E-state index contributed by atoms with van der Waals surface area (Å²) in [5.41, 5.74) is 0. The van der Waals surface area contributed by atoms with Gasteiger partial charge in [-0.2, -0.15) is 0 Å². The Morgan fingerprint density at radius 3 is 2.38 bits per heavy atom. The SMILES string of the molecule is CCC(C)C(=O)Oc1cc(F)c(F)cc1F. The van der Waals surface area contributed by atoms with Crippen molar-refractivity contribution in [3.8, 4) is 5.75 Å². The van der Waals surface area contributed by atoms with Crippen molar-refractivity contribution in [3.63, 3.8) is 0 Å². The molecule has 0 N–H and O–H groups in total. The molecule has 0 fully saturated rings. The van der Waals surface area contributed by atoms with Crippen LogP contribution in [-0.2, 0) is 4.79 Å². The van der Waals surface area contributed by atoms with E-state index in [0.717, 1.165) is 0 Å². The van der Waals surface area contributed by atoms with Crippen LogP contribution in [0.5, 0.6) is 5.75 Å². The second kappa shape index (κ2) is 5.01. The summed E-state index contributed by atoms with van der Waals surface area (Å²) in [5, 5.41) is 0. The van der Waals surface area contributed by atoms with Crippen molar-refractivity contribution in [1.29, 1.82) is 0 Å². The van der Waals surface area contributed by atoms with E-state index in [1.54, 1.807) is 13.8 Å². The Morgan fingerprint density at radius 2 is 1.81 bits per heavy atom. The van der Waals surface area contributed by atoms with E-state index in [1.165, 1.54) is 0 Å². The van der Waals surface area contributed by atoms with E-state index >= 15 is 0 Å². The molecule has 0 aliphatic heterocycles. The van der Waals surface area contributed by atoms with E-state index in [1.807, 2.05) is 0 Å². The Morgan fingerprint density at radius 1 is 1.25 bits per heavy atom. The molecular formula is C11H11F3O2. The van der Waals surface area contributed by atoms with Gasteiger partial charge in [0.05, 0.1) is 5.92 Å². The van der Waals surface area contributed by atoms with Crippen LogP contribution in [0.3, 0.4) is 0 Å². The van der Waals surface area contributed by atoms with Crippen LogP contribution in [0.2, 0.25) is 0 Å². The van der Waals surface area contributed by atoms with Gasteiger partial charge >= 0.3 is 5.97 Å². The monoisotopic (exact) mass is 232 g/mol. The van der Waals surface area contributed by atoms with Crippen molar-refractivity contribution in [2.24, 2.45) is 5.92 Å². The molecule has 1 aromatic carbocycles. The molecular weight excluding hydrogens is 221 g/mol. The van der Waals surface area contributed by atoms with Crippen LogP contribution in [0.25, 0.3) is 0 Å². The van der Waals surface area contributed by atoms with Crippen LogP contribution in [0.1, 0.15) is 20.3 Å². The second-order valence-corrected chi connectivity index (χ2v) is 3.43. The number of rotatable bonds is 3. The predicted molar refractivity (Wildman–Crippen MR) is 51.4 cm³/mol. The summed E-state index contributed by atoms with van der Waals surface area (Å²) >= 11 is 0. The molecule has 0 aromatic heterocycles. The number of hydrogen-bond acceptors (Lipinski definition) is 2. The smallest absolute Gasteiger partial charge is 0.314 e. The van der Waals surface area contributed by atoms with E-state index < -0.39 is 35.1 Å². The molecule has 88 valence electrons. The fraction of sp³-hybridized carbons (Fsp3) is 0.364. The zero-order valence-corrected chi connectivity index (χ0v) is 8.89. The maximum absolute atomic E-state index is 13.1. The van der Waals surface area contributed by atoms with Gasteiger partial charge in [-0.15, -0.1) is 0 Å². The Hall–Kier alpha value is -1.52. The largest absolute Gasteiger partial charge is 0.423 e. The third-order valence-corrected chi connectivity index (χ3v) is 2.20. The highest BCUT2D eigenvalue weighted by molar-refractivity contribution is 5.74. The quantitative estimate of drug-likeness (QED) is 0.455. The van der Waals surface area contributed by atoms with Gasteiger partial charge in [0.15, 0.2) is 23.2 Å². The van der Waals surface area contributed by atoms with Crippen molar-refractivity contribution >= 4 is 5.97 Å². The minimum absolute atomic E-state index is 0.342. The summed E-state index contributed by atoms with van der Waals surface area (Å²) in [6, 6.07) is 0.861. The fourth-order valence-electron chi connectivity index (χ4n) is 0.958. The van der Waals surface area contributed by atoms with Crippen LogP contribution in [0.4, 0.5) is 13.2 Å². The highest BCUT2D eigenvalue weighted by Gasteiger charge is 2.17. The van der Waals surface area contributed by atoms with Gasteiger partial charge in [-0.25, -0.2) is 13.2 Å². The maximum Gasteiger partial charge on any atom is 0.314 e.